The molecule has 1 aromatic carbocycles. The molecule has 0 heterocycles. The Balaban J connectivity index is 2.82. The van der Waals surface area contributed by atoms with Crippen LogP contribution in [0.1, 0.15) is 5.56 Å². The van der Waals surface area contributed by atoms with E-state index in [2.05, 4.69) is 0 Å². The number of aromatic hydroxyl groups is 1. The van der Waals surface area contributed by atoms with Crippen molar-refractivity contribution in [3.8, 4) is 5.75 Å². The normalized spacial score (nSPS) is 10.7. The van der Waals surface area contributed by atoms with Gasteiger partial charge in [0.25, 0.3) is 0 Å². The van der Waals surface area contributed by atoms with Crippen LogP contribution in [0.5, 0.6) is 5.75 Å². The third-order valence-electron chi connectivity index (χ3n) is 2.17. The van der Waals surface area contributed by atoms with E-state index in [0.29, 0.717) is 13.1 Å². The zero-order valence-corrected chi connectivity index (χ0v) is 8.96. The number of phenolic OH excluding ortho intramolecular Hbond substituents is 1. The third kappa shape index (κ3) is 3.18. The molecule has 0 amide bonds. The van der Waals surface area contributed by atoms with Crippen molar-refractivity contribution in [1.82, 2.24) is 4.90 Å². The zero-order valence-electron chi connectivity index (χ0n) is 8.96. The van der Waals surface area contributed by atoms with Crippen LogP contribution in [0.25, 0.3) is 0 Å². The van der Waals surface area contributed by atoms with Crippen LogP contribution >= 0.6 is 0 Å². The van der Waals surface area contributed by atoms with Crippen molar-refractivity contribution in [2.24, 2.45) is 0 Å². The summed E-state index contributed by atoms with van der Waals surface area (Å²) in [4.78, 5) is 11.8. The maximum absolute atomic E-state index is 10.6. The number of nitro groups is 1. The number of benzene rings is 1. The molecule has 0 spiro atoms. The molecule has 0 radical (unpaired) electrons. The van der Waals surface area contributed by atoms with E-state index in [-0.39, 0.29) is 18.0 Å². The van der Waals surface area contributed by atoms with E-state index in [1.807, 2.05) is 4.90 Å². The second kappa shape index (κ2) is 5.43. The van der Waals surface area contributed by atoms with E-state index in [0.717, 1.165) is 5.56 Å². The molecule has 0 aliphatic heterocycles. The molecule has 0 saturated carbocycles. The Kier molecular flexibility index (Phi) is 4.21. The van der Waals surface area contributed by atoms with Crippen LogP contribution in [0.4, 0.5) is 5.69 Å². The van der Waals surface area contributed by atoms with Crippen LogP contribution in [0.15, 0.2) is 18.2 Å². The Morgan fingerprint density at radius 2 is 2.19 bits per heavy atom. The second-order valence-electron chi connectivity index (χ2n) is 3.54. The van der Waals surface area contributed by atoms with E-state index < -0.39 is 4.92 Å². The molecule has 88 valence electrons. The summed E-state index contributed by atoms with van der Waals surface area (Å²) in [6.07, 6.45) is 0. The number of nitro benzene ring substituents is 1. The molecular formula is C10H14N2O4. The molecule has 0 unspecified atom stereocenters. The Morgan fingerprint density at radius 1 is 1.50 bits per heavy atom. The van der Waals surface area contributed by atoms with Gasteiger partial charge in [0.15, 0.2) is 5.75 Å². The van der Waals surface area contributed by atoms with Gasteiger partial charge in [-0.1, -0.05) is 6.07 Å². The number of hydrogen-bond acceptors (Lipinski definition) is 5. The largest absolute Gasteiger partial charge is 0.502 e. The first-order chi connectivity index (χ1) is 7.54. The van der Waals surface area contributed by atoms with Gasteiger partial charge in [-0.25, -0.2) is 0 Å². The lowest BCUT2D eigenvalue weighted by Gasteiger charge is -2.14. The van der Waals surface area contributed by atoms with Gasteiger partial charge in [-0.05, 0) is 18.7 Å². The predicted molar refractivity (Wildman–Crippen MR) is 58.2 cm³/mol. The average Bonchev–Trinajstić information content (AvgIpc) is 2.21. The first kappa shape index (κ1) is 12.4. The molecule has 0 atom stereocenters. The summed E-state index contributed by atoms with van der Waals surface area (Å²) in [6.45, 7) is 1.02. The number of hydrogen-bond donors (Lipinski definition) is 2. The van der Waals surface area contributed by atoms with Crippen LogP contribution < -0.4 is 0 Å². The fourth-order valence-corrected chi connectivity index (χ4v) is 1.38. The summed E-state index contributed by atoms with van der Waals surface area (Å²) in [5, 5.41) is 28.5. The van der Waals surface area contributed by atoms with E-state index >= 15 is 0 Å². The average molecular weight is 226 g/mol. The highest BCUT2D eigenvalue weighted by atomic mass is 16.6. The Morgan fingerprint density at radius 3 is 2.75 bits per heavy atom. The van der Waals surface area contributed by atoms with Crippen LogP contribution in [-0.2, 0) is 6.54 Å². The van der Waals surface area contributed by atoms with Gasteiger partial charge in [0.2, 0.25) is 0 Å². The molecule has 1 aromatic rings. The van der Waals surface area contributed by atoms with Crippen LogP contribution in [0.2, 0.25) is 0 Å². The molecule has 2 N–H and O–H groups in total. The lowest BCUT2D eigenvalue weighted by Crippen LogP contribution is -2.21. The van der Waals surface area contributed by atoms with Gasteiger partial charge in [-0.3, -0.25) is 15.0 Å². The van der Waals surface area contributed by atoms with Crippen molar-refractivity contribution in [2.45, 2.75) is 6.54 Å². The van der Waals surface area contributed by atoms with Gasteiger partial charge >= 0.3 is 5.69 Å². The van der Waals surface area contributed by atoms with Crippen molar-refractivity contribution in [3.63, 3.8) is 0 Å². The standard InChI is InChI=1S/C10H14N2O4/c1-11(4-5-13)7-8-2-3-10(14)9(6-8)12(15)16/h2-3,6,13-14H,4-5,7H2,1H3. The first-order valence-corrected chi connectivity index (χ1v) is 4.80. The highest BCUT2D eigenvalue weighted by molar-refractivity contribution is 5.47. The maximum Gasteiger partial charge on any atom is 0.311 e. The van der Waals surface area contributed by atoms with Crippen molar-refractivity contribution in [1.29, 1.82) is 0 Å². The summed E-state index contributed by atoms with van der Waals surface area (Å²) in [6, 6.07) is 4.26. The number of aliphatic hydroxyl groups excluding tert-OH is 1. The van der Waals surface area contributed by atoms with Gasteiger partial charge < -0.3 is 10.2 Å². The summed E-state index contributed by atoms with van der Waals surface area (Å²) < 4.78 is 0. The molecule has 1 rings (SSSR count). The third-order valence-corrected chi connectivity index (χ3v) is 2.17. The Hall–Kier alpha value is -1.66. The SMILES string of the molecule is CN(CCO)Cc1ccc(O)c([N+](=O)[O-])c1. The summed E-state index contributed by atoms with van der Waals surface area (Å²) in [5.41, 5.74) is 0.426. The summed E-state index contributed by atoms with van der Waals surface area (Å²) >= 11 is 0. The quantitative estimate of drug-likeness (QED) is 0.570. The minimum absolute atomic E-state index is 0.0384. The van der Waals surface area contributed by atoms with E-state index in [4.69, 9.17) is 5.11 Å². The summed E-state index contributed by atoms with van der Waals surface area (Å²) in [5.74, 6) is -0.335. The van der Waals surface area contributed by atoms with Crippen molar-refractivity contribution < 1.29 is 15.1 Å². The highest BCUT2D eigenvalue weighted by Gasteiger charge is 2.13. The van der Waals surface area contributed by atoms with Gasteiger partial charge in [-0.2, -0.15) is 0 Å². The number of nitrogens with zero attached hydrogens (tertiary/aromatic N) is 2. The van der Waals surface area contributed by atoms with Gasteiger partial charge in [0.05, 0.1) is 11.5 Å². The lowest BCUT2D eigenvalue weighted by molar-refractivity contribution is -0.385. The fourth-order valence-electron chi connectivity index (χ4n) is 1.38. The van der Waals surface area contributed by atoms with Crippen LogP contribution in [-0.4, -0.2) is 40.2 Å². The molecule has 0 saturated heterocycles. The van der Waals surface area contributed by atoms with Gasteiger partial charge in [-0.15, -0.1) is 0 Å². The second-order valence-corrected chi connectivity index (χ2v) is 3.54. The summed E-state index contributed by atoms with van der Waals surface area (Å²) in [7, 11) is 1.80. The minimum Gasteiger partial charge on any atom is -0.502 e. The van der Waals surface area contributed by atoms with Crippen LogP contribution in [0.3, 0.4) is 0 Å². The van der Waals surface area contributed by atoms with E-state index in [1.165, 1.54) is 12.1 Å². The highest BCUT2D eigenvalue weighted by Crippen LogP contribution is 2.26. The minimum atomic E-state index is -0.620. The molecule has 0 fully saturated rings. The molecule has 0 aliphatic carbocycles. The molecule has 6 nitrogen and oxygen atoms in total. The van der Waals surface area contributed by atoms with E-state index in [9.17, 15) is 15.2 Å². The van der Waals surface area contributed by atoms with E-state index in [1.54, 1.807) is 13.1 Å². The lowest BCUT2D eigenvalue weighted by atomic mass is 10.2. The Labute approximate surface area is 92.9 Å². The van der Waals surface area contributed by atoms with Gasteiger partial charge in [0.1, 0.15) is 0 Å². The van der Waals surface area contributed by atoms with Crippen LogP contribution in [0, 0.1) is 10.1 Å². The molecule has 0 aliphatic rings. The van der Waals surface area contributed by atoms with Crippen molar-refractivity contribution in [2.75, 3.05) is 20.2 Å². The fraction of sp³-hybridized carbons (Fsp3) is 0.400. The molecule has 6 heteroatoms. The Bertz CT molecular complexity index is 381. The first-order valence-electron chi connectivity index (χ1n) is 4.80. The molecular weight excluding hydrogens is 212 g/mol. The van der Waals surface area contributed by atoms with Crippen molar-refractivity contribution in [3.05, 3.63) is 33.9 Å². The predicted octanol–water partition coefficient (Wildman–Crippen LogP) is 0.724. The number of rotatable bonds is 5. The smallest absolute Gasteiger partial charge is 0.311 e. The van der Waals surface area contributed by atoms with Crippen molar-refractivity contribution >= 4 is 5.69 Å². The molecule has 0 aromatic heterocycles. The molecule has 0 bridgehead atoms. The molecule has 16 heavy (non-hydrogen) atoms. The maximum atomic E-state index is 10.6. The zero-order chi connectivity index (χ0) is 12.1. The number of phenols is 1. The topological polar surface area (TPSA) is 86.8 Å². The van der Waals surface area contributed by atoms with Gasteiger partial charge in [0, 0.05) is 19.2 Å². The monoisotopic (exact) mass is 226 g/mol. The number of likely N-dealkylation sites (N-methyl/N-ethyl adjacent to an activating group) is 1. The number of aliphatic hydroxyl groups is 1.